The van der Waals surface area contributed by atoms with Gasteiger partial charge in [0.1, 0.15) is 11.5 Å². The number of nitrogens with zero attached hydrogens (tertiary/aromatic N) is 3. The smallest absolute Gasteiger partial charge is 0.272 e. The Balaban J connectivity index is 1.42. The van der Waals surface area contributed by atoms with Gasteiger partial charge in [-0.25, -0.2) is 4.39 Å². The van der Waals surface area contributed by atoms with E-state index in [2.05, 4.69) is 22.2 Å². The lowest BCUT2D eigenvalue weighted by molar-refractivity contribution is -0.111. The molecule has 0 spiro atoms. The van der Waals surface area contributed by atoms with Crippen molar-refractivity contribution in [1.29, 1.82) is 0 Å². The van der Waals surface area contributed by atoms with E-state index in [9.17, 15) is 18.8 Å². The number of halogens is 1. The van der Waals surface area contributed by atoms with Gasteiger partial charge in [-0.05, 0) is 53.6 Å². The number of amides is 3. The Morgan fingerprint density at radius 1 is 1.12 bits per heavy atom. The maximum atomic E-state index is 13.5. The summed E-state index contributed by atoms with van der Waals surface area (Å²) in [6.07, 6.45) is 2.88. The van der Waals surface area contributed by atoms with Crippen molar-refractivity contribution in [1.82, 2.24) is 25.0 Å². The second-order valence-corrected chi connectivity index (χ2v) is 9.74. The summed E-state index contributed by atoms with van der Waals surface area (Å²) in [4.78, 5) is 43.0. The lowest BCUT2D eigenvalue weighted by atomic mass is 9.95. The highest BCUT2D eigenvalue weighted by atomic mass is 19.1. The molecule has 3 heterocycles. The molecule has 0 saturated carbocycles. The highest BCUT2D eigenvalue weighted by molar-refractivity contribution is 5.99. The number of aromatic amines is 1. The van der Waals surface area contributed by atoms with Crippen LogP contribution in [0.5, 0.6) is 0 Å². The predicted molar refractivity (Wildman–Crippen MR) is 148 cm³/mol. The molecule has 9 nitrogen and oxygen atoms in total. The van der Waals surface area contributed by atoms with E-state index in [1.165, 1.54) is 18.2 Å². The first-order valence-corrected chi connectivity index (χ1v) is 12.9. The molecule has 0 radical (unpaired) electrons. The van der Waals surface area contributed by atoms with Crippen molar-refractivity contribution < 1.29 is 18.8 Å². The van der Waals surface area contributed by atoms with Gasteiger partial charge in [0, 0.05) is 42.1 Å². The molecule has 1 aliphatic rings. The molecule has 1 atom stereocenters. The summed E-state index contributed by atoms with van der Waals surface area (Å²) in [5.41, 5.74) is 4.49. The van der Waals surface area contributed by atoms with Crippen LogP contribution in [0.25, 0.3) is 0 Å². The number of benzene rings is 2. The molecule has 40 heavy (non-hydrogen) atoms. The van der Waals surface area contributed by atoms with Crippen molar-refractivity contribution in [3.05, 3.63) is 119 Å². The third-order valence-corrected chi connectivity index (χ3v) is 6.81. The second kappa shape index (κ2) is 11.4. The molecule has 3 N–H and O–H groups in total. The molecule has 4 aromatic rings. The van der Waals surface area contributed by atoms with Crippen molar-refractivity contribution in [2.45, 2.75) is 32.5 Å². The molecular formula is C30H29FN6O3. The summed E-state index contributed by atoms with van der Waals surface area (Å²) in [5, 5.41) is 10.3. The third kappa shape index (κ3) is 5.70. The maximum absolute atomic E-state index is 13.5. The first-order valence-electron chi connectivity index (χ1n) is 12.9. The van der Waals surface area contributed by atoms with Gasteiger partial charge in [-0.15, -0.1) is 0 Å². The fourth-order valence-electron chi connectivity index (χ4n) is 4.96. The Kier molecular flexibility index (Phi) is 7.59. The molecule has 0 aliphatic carbocycles. The average Bonchev–Trinajstić information content (AvgIpc) is 3.62. The third-order valence-electron chi connectivity index (χ3n) is 6.81. The zero-order valence-electron chi connectivity index (χ0n) is 22.0. The molecular weight excluding hydrogens is 511 g/mol. The van der Waals surface area contributed by atoms with E-state index in [0.29, 0.717) is 30.0 Å². The van der Waals surface area contributed by atoms with E-state index >= 15 is 0 Å². The van der Waals surface area contributed by atoms with Crippen LogP contribution in [0.2, 0.25) is 0 Å². The quantitative estimate of drug-likeness (QED) is 0.291. The van der Waals surface area contributed by atoms with E-state index in [1.54, 1.807) is 58.2 Å². The summed E-state index contributed by atoms with van der Waals surface area (Å²) in [6, 6.07) is 16.8. The van der Waals surface area contributed by atoms with Gasteiger partial charge < -0.3 is 20.5 Å². The lowest BCUT2D eigenvalue weighted by Crippen LogP contribution is -2.39. The number of rotatable bonds is 8. The molecule has 2 aromatic carbocycles. The lowest BCUT2D eigenvalue weighted by Gasteiger charge is -2.32. The minimum atomic E-state index is -0.379. The summed E-state index contributed by atoms with van der Waals surface area (Å²) < 4.78 is 15.3. The Hall–Kier alpha value is -4.99. The minimum Gasteiger partial charge on any atom is -0.357 e. The Bertz CT molecular complexity index is 1560. The molecule has 2 aromatic heterocycles. The zero-order chi connectivity index (χ0) is 28.2. The highest BCUT2D eigenvalue weighted by Crippen LogP contribution is 2.32. The van der Waals surface area contributed by atoms with Crippen LogP contribution in [0.4, 0.5) is 10.1 Å². The monoisotopic (exact) mass is 540 g/mol. The van der Waals surface area contributed by atoms with Crippen molar-refractivity contribution in [3.63, 3.8) is 0 Å². The number of hydrogen-bond donors (Lipinski definition) is 3. The van der Waals surface area contributed by atoms with E-state index in [4.69, 9.17) is 5.10 Å². The SMILES string of the molecule is C=CC(=O)Nc1cccc(CNC(=O)c2nn(Cc3ccc(F)cc3)c3c2CN(C(=O)c2ccc[nH]2)C[C@H]3C)c1. The van der Waals surface area contributed by atoms with Gasteiger partial charge in [0.15, 0.2) is 5.69 Å². The normalized spacial score (nSPS) is 14.3. The summed E-state index contributed by atoms with van der Waals surface area (Å²) in [6.45, 7) is 6.71. The van der Waals surface area contributed by atoms with Crippen LogP contribution < -0.4 is 10.6 Å². The van der Waals surface area contributed by atoms with Crippen LogP contribution in [0.1, 0.15) is 56.2 Å². The minimum absolute atomic E-state index is 0.0951. The second-order valence-electron chi connectivity index (χ2n) is 9.74. The molecule has 5 rings (SSSR count). The molecule has 0 bridgehead atoms. The topological polar surface area (TPSA) is 112 Å². The van der Waals surface area contributed by atoms with Crippen LogP contribution in [-0.4, -0.2) is 43.9 Å². The highest BCUT2D eigenvalue weighted by Gasteiger charge is 2.34. The van der Waals surface area contributed by atoms with Gasteiger partial charge >= 0.3 is 0 Å². The average molecular weight is 541 g/mol. The number of aromatic nitrogens is 3. The Morgan fingerprint density at radius 3 is 2.65 bits per heavy atom. The van der Waals surface area contributed by atoms with Gasteiger partial charge in [-0.1, -0.05) is 37.8 Å². The number of nitrogens with one attached hydrogen (secondary N) is 3. The number of anilines is 1. The number of carbonyl (C=O) groups is 3. The number of hydrogen-bond acceptors (Lipinski definition) is 4. The number of H-pyrrole nitrogens is 1. The van der Waals surface area contributed by atoms with Crippen LogP contribution >= 0.6 is 0 Å². The molecule has 0 saturated heterocycles. The van der Waals surface area contributed by atoms with Crippen LogP contribution in [0.15, 0.2) is 79.5 Å². The Labute approximate surface area is 230 Å². The molecule has 1 aliphatic heterocycles. The van der Waals surface area contributed by atoms with Crippen LogP contribution in [-0.2, 0) is 24.4 Å². The molecule has 3 amide bonds. The van der Waals surface area contributed by atoms with Crippen molar-refractivity contribution >= 4 is 23.4 Å². The van der Waals surface area contributed by atoms with Crippen molar-refractivity contribution in [2.24, 2.45) is 0 Å². The van der Waals surface area contributed by atoms with E-state index in [0.717, 1.165) is 16.8 Å². The van der Waals surface area contributed by atoms with E-state index < -0.39 is 0 Å². The van der Waals surface area contributed by atoms with Crippen LogP contribution in [0, 0.1) is 5.82 Å². The molecule has 10 heteroatoms. The fraction of sp³-hybridized carbons (Fsp3) is 0.200. The van der Waals surface area contributed by atoms with Gasteiger partial charge in [-0.2, -0.15) is 5.10 Å². The van der Waals surface area contributed by atoms with Crippen molar-refractivity contribution in [3.8, 4) is 0 Å². The summed E-state index contributed by atoms with van der Waals surface area (Å²) in [5.74, 6) is -1.28. The van der Waals surface area contributed by atoms with E-state index in [-0.39, 0.29) is 48.2 Å². The fourth-order valence-corrected chi connectivity index (χ4v) is 4.96. The molecule has 0 fully saturated rings. The predicted octanol–water partition coefficient (Wildman–Crippen LogP) is 4.21. The number of fused-ring (bicyclic) bond motifs is 1. The summed E-state index contributed by atoms with van der Waals surface area (Å²) >= 11 is 0. The number of carbonyl (C=O) groups excluding carboxylic acids is 3. The van der Waals surface area contributed by atoms with Gasteiger partial charge in [-0.3, -0.25) is 19.1 Å². The standard InChI is InChI=1S/C30H29FN6O3/c1-3-26(38)34-23-7-4-6-21(14-23)15-33-29(39)27-24-18-36(30(40)25-8-5-13-32-25)16-19(2)28(24)37(35-27)17-20-9-11-22(31)12-10-20/h3-14,19,32H,1,15-18H2,2H3,(H,33,39)(H,34,38)/t19-/m1/s1. The largest absolute Gasteiger partial charge is 0.357 e. The van der Waals surface area contributed by atoms with Crippen LogP contribution in [0.3, 0.4) is 0 Å². The van der Waals surface area contributed by atoms with Gasteiger partial charge in [0.05, 0.1) is 13.1 Å². The first kappa shape index (κ1) is 26.6. The van der Waals surface area contributed by atoms with Crippen molar-refractivity contribution in [2.75, 3.05) is 11.9 Å². The molecule has 204 valence electrons. The maximum Gasteiger partial charge on any atom is 0.272 e. The first-order chi connectivity index (χ1) is 19.3. The summed E-state index contributed by atoms with van der Waals surface area (Å²) in [7, 11) is 0. The van der Waals surface area contributed by atoms with Gasteiger partial charge in [0.25, 0.3) is 11.8 Å². The van der Waals surface area contributed by atoms with E-state index in [1.807, 2.05) is 13.0 Å². The van der Waals surface area contributed by atoms with Gasteiger partial charge in [0.2, 0.25) is 5.91 Å². The molecule has 0 unspecified atom stereocenters. The Morgan fingerprint density at radius 2 is 1.93 bits per heavy atom. The zero-order valence-corrected chi connectivity index (χ0v) is 22.0.